The summed E-state index contributed by atoms with van der Waals surface area (Å²) in [5.74, 6) is 0.707. The van der Waals surface area contributed by atoms with E-state index in [-0.39, 0.29) is 6.10 Å². The van der Waals surface area contributed by atoms with Crippen LogP contribution in [0.4, 0.5) is 0 Å². The molecule has 2 heterocycles. The molecule has 106 valence electrons. The van der Waals surface area contributed by atoms with Crippen LogP contribution in [0.5, 0.6) is 0 Å². The van der Waals surface area contributed by atoms with Crippen molar-refractivity contribution in [2.45, 2.75) is 45.3 Å². The van der Waals surface area contributed by atoms with Crippen LogP contribution >= 0.6 is 0 Å². The summed E-state index contributed by atoms with van der Waals surface area (Å²) in [7, 11) is 1.78. The first-order valence-corrected chi connectivity index (χ1v) is 7.10. The van der Waals surface area contributed by atoms with Crippen molar-refractivity contribution in [2.24, 2.45) is 4.99 Å². The van der Waals surface area contributed by atoms with Gasteiger partial charge in [-0.1, -0.05) is 0 Å². The minimum absolute atomic E-state index is 0.254. The minimum Gasteiger partial charge on any atom is -0.473 e. The van der Waals surface area contributed by atoms with E-state index in [1.807, 2.05) is 10.7 Å². The first kappa shape index (κ1) is 14.1. The number of nitrogens with zero attached hydrogens (tertiary/aromatic N) is 3. The fourth-order valence-electron chi connectivity index (χ4n) is 2.39. The van der Waals surface area contributed by atoms with Crippen molar-refractivity contribution in [1.29, 1.82) is 0 Å². The SMILES string of the molecule is CN=C(O[C@@H]1CCCNCC1)c1ccnn1C(C)C. The van der Waals surface area contributed by atoms with E-state index in [0.29, 0.717) is 11.9 Å². The molecule has 1 saturated heterocycles. The second-order valence-electron chi connectivity index (χ2n) is 5.20. The van der Waals surface area contributed by atoms with Gasteiger partial charge in [-0.3, -0.25) is 9.67 Å². The average Bonchev–Trinajstić information content (AvgIpc) is 2.74. The van der Waals surface area contributed by atoms with Gasteiger partial charge >= 0.3 is 0 Å². The maximum atomic E-state index is 6.10. The molecule has 1 aliphatic heterocycles. The molecule has 1 aromatic heterocycles. The lowest BCUT2D eigenvalue weighted by Gasteiger charge is -2.19. The maximum Gasteiger partial charge on any atom is 0.234 e. The van der Waals surface area contributed by atoms with Gasteiger partial charge in [-0.05, 0) is 52.3 Å². The summed E-state index contributed by atoms with van der Waals surface area (Å²) in [5.41, 5.74) is 0.967. The number of aliphatic imine (C=N–C) groups is 1. The van der Waals surface area contributed by atoms with E-state index < -0.39 is 0 Å². The highest BCUT2D eigenvalue weighted by atomic mass is 16.5. The van der Waals surface area contributed by atoms with Crippen LogP contribution in [0.3, 0.4) is 0 Å². The van der Waals surface area contributed by atoms with Crippen LogP contribution in [-0.4, -0.2) is 41.9 Å². The van der Waals surface area contributed by atoms with E-state index in [4.69, 9.17) is 4.74 Å². The van der Waals surface area contributed by atoms with Crippen molar-refractivity contribution in [3.05, 3.63) is 18.0 Å². The highest BCUT2D eigenvalue weighted by molar-refractivity contribution is 5.92. The molecule has 0 spiro atoms. The molecule has 0 saturated carbocycles. The second kappa shape index (κ2) is 6.70. The molecule has 1 aliphatic rings. The Kier molecular flexibility index (Phi) is 4.96. The van der Waals surface area contributed by atoms with Gasteiger partial charge in [-0.15, -0.1) is 0 Å². The maximum absolute atomic E-state index is 6.10. The molecule has 1 fully saturated rings. The van der Waals surface area contributed by atoms with Crippen molar-refractivity contribution in [1.82, 2.24) is 15.1 Å². The Balaban J connectivity index is 2.09. The lowest BCUT2D eigenvalue weighted by atomic mass is 10.1. The molecular weight excluding hydrogens is 240 g/mol. The first-order chi connectivity index (χ1) is 9.22. The molecule has 5 nitrogen and oxygen atoms in total. The van der Waals surface area contributed by atoms with E-state index in [1.165, 1.54) is 0 Å². The summed E-state index contributed by atoms with van der Waals surface area (Å²) in [5, 5.41) is 7.74. The molecule has 1 atom stereocenters. The zero-order valence-corrected chi connectivity index (χ0v) is 12.1. The number of hydrogen-bond acceptors (Lipinski definition) is 4. The monoisotopic (exact) mass is 264 g/mol. The van der Waals surface area contributed by atoms with Crippen molar-refractivity contribution < 1.29 is 4.74 Å². The van der Waals surface area contributed by atoms with Crippen LogP contribution in [0.2, 0.25) is 0 Å². The third kappa shape index (κ3) is 3.56. The topological polar surface area (TPSA) is 51.4 Å². The summed E-state index contributed by atoms with van der Waals surface area (Å²) in [6.45, 7) is 6.33. The highest BCUT2D eigenvalue weighted by Gasteiger charge is 2.19. The van der Waals surface area contributed by atoms with Gasteiger partial charge in [-0.2, -0.15) is 5.10 Å². The van der Waals surface area contributed by atoms with Crippen molar-refractivity contribution >= 4 is 5.90 Å². The van der Waals surface area contributed by atoms with E-state index >= 15 is 0 Å². The van der Waals surface area contributed by atoms with Crippen molar-refractivity contribution in [2.75, 3.05) is 20.1 Å². The molecule has 0 unspecified atom stereocenters. The van der Waals surface area contributed by atoms with Crippen LogP contribution in [0.25, 0.3) is 0 Å². The van der Waals surface area contributed by atoms with Crippen molar-refractivity contribution in [3.8, 4) is 0 Å². The Morgan fingerprint density at radius 1 is 1.47 bits per heavy atom. The lowest BCUT2D eigenvalue weighted by Crippen LogP contribution is -2.23. The standard InChI is InChI=1S/C14H24N4O/c1-11(2)18-13(7-10-17-18)14(15-3)19-12-5-4-8-16-9-6-12/h7,10-12,16H,4-6,8-9H2,1-3H3/t12-/m1/s1. The summed E-state index contributed by atoms with van der Waals surface area (Å²) in [6, 6.07) is 2.28. The normalized spacial score (nSPS) is 21.5. The molecule has 0 bridgehead atoms. The Morgan fingerprint density at radius 3 is 3.05 bits per heavy atom. The lowest BCUT2D eigenvalue weighted by molar-refractivity contribution is 0.173. The van der Waals surface area contributed by atoms with E-state index in [0.717, 1.165) is 38.0 Å². The predicted molar refractivity (Wildman–Crippen MR) is 76.7 cm³/mol. The van der Waals surface area contributed by atoms with Gasteiger partial charge in [0.25, 0.3) is 0 Å². The fraction of sp³-hybridized carbons (Fsp3) is 0.714. The van der Waals surface area contributed by atoms with Gasteiger partial charge in [0.1, 0.15) is 11.8 Å². The number of rotatable bonds is 3. The molecule has 0 aliphatic carbocycles. The van der Waals surface area contributed by atoms with Crippen LogP contribution in [0, 0.1) is 0 Å². The molecule has 1 aromatic rings. The van der Waals surface area contributed by atoms with Gasteiger partial charge in [0.15, 0.2) is 0 Å². The smallest absolute Gasteiger partial charge is 0.234 e. The summed E-state index contributed by atoms with van der Waals surface area (Å²) >= 11 is 0. The van der Waals surface area contributed by atoms with Gasteiger partial charge in [-0.25, -0.2) is 0 Å². The van der Waals surface area contributed by atoms with E-state index in [9.17, 15) is 0 Å². The highest BCUT2D eigenvalue weighted by Crippen LogP contribution is 2.15. The van der Waals surface area contributed by atoms with E-state index in [2.05, 4.69) is 29.3 Å². The van der Waals surface area contributed by atoms with Crippen molar-refractivity contribution in [3.63, 3.8) is 0 Å². The summed E-state index contributed by atoms with van der Waals surface area (Å²) < 4.78 is 8.06. The molecule has 19 heavy (non-hydrogen) atoms. The van der Waals surface area contributed by atoms with E-state index in [1.54, 1.807) is 13.2 Å². The third-order valence-corrected chi connectivity index (χ3v) is 3.38. The summed E-state index contributed by atoms with van der Waals surface area (Å²) in [6.07, 6.45) is 5.34. The van der Waals surface area contributed by atoms with Gasteiger partial charge < -0.3 is 10.1 Å². The quantitative estimate of drug-likeness (QED) is 0.671. The van der Waals surface area contributed by atoms with Crippen LogP contribution in [-0.2, 0) is 4.74 Å². The van der Waals surface area contributed by atoms with Gasteiger partial charge in [0.05, 0.1) is 0 Å². The molecule has 5 heteroatoms. The minimum atomic E-state index is 0.254. The number of nitrogens with one attached hydrogen (secondary N) is 1. The first-order valence-electron chi connectivity index (χ1n) is 7.10. The van der Waals surface area contributed by atoms with Crippen LogP contribution in [0.1, 0.15) is 44.8 Å². The number of hydrogen-bond donors (Lipinski definition) is 1. The summed E-state index contributed by atoms with van der Waals surface area (Å²) in [4.78, 5) is 4.31. The Bertz CT molecular complexity index is 417. The zero-order chi connectivity index (χ0) is 13.7. The Morgan fingerprint density at radius 2 is 2.32 bits per heavy atom. The molecule has 0 aromatic carbocycles. The predicted octanol–water partition coefficient (Wildman–Crippen LogP) is 2.00. The zero-order valence-electron chi connectivity index (χ0n) is 12.1. The Labute approximate surface area is 115 Å². The largest absolute Gasteiger partial charge is 0.473 e. The molecule has 1 N–H and O–H groups in total. The molecule has 2 rings (SSSR count). The number of aromatic nitrogens is 2. The van der Waals surface area contributed by atoms with Crippen LogP contribution < -0.4 is 5.32 Å². The molecule has 0 amide bonds. The van der Waals surface area contributed by atoms with Gasteiger partial charge in [0.2, 0.25) is 5.90 Å². The van der Waals surface area contributed by atoms with Gasteiger partial charge in [0, 0.05) is 19.3 Å². The Hall–Kier alpha value is -1.36. The fourth-order valence-corrected chi connectivity index (χ4v) is 2.39. The number of ether oxygens (including phenoxy) is 1. The van der Waals surface area contributed by atoms with Crippen LogP contribution in [0.15, 0.2) is 17.3 Å². The molecule has 0 radical (unpaired) electrons. The second-order valence-corrected chi connectivity index (χ2v) is 5.20. The average molecular weight is 264 g/mol. The molecular formula is C14H24N4O. The third-order valence-electron chi connectivity index (χ3n) is 3.38.